The Bertz CT molecular complexity index is 707. The number of aliphatic imine (C=N–C) groups is 1. The molecule has 7 heteroatoms. The Hall–Kier alpha value is -2.15. The first-order valence-electron chi connectivity index (χ1n) is 8.48. The van der Waals surface area contributed by atoms with Crippen LogP contribution in [0.3, 0.4) is 0 Å². The maximum atomic E-state index is 14.7. The van der Waals surface area contributed by atoms with Gasteiger partial charge in [0.1, 0.15) is 17.1 Å². The second-order valence-corrected chi connectivity index (χ2v) is 7.03. The molecule has 2 unspecified atom stereocenters. The third-order valence-electron chi connectivity index (χ3n) is 4.72. The average molecular weight is 349 g/mol. The molecule has 2 atom stereocenters. The first kappa shape index (κ1) is 17.7. The summed E-state index contributed by atoms with van der Waals surface area (Å²) in [5.74, 6) is -0.155. The molecule has 1 amide bonds. The first-order chi connectivity index (χ1) is 11.8. The van der Waals surface area contributed by atoms with Crippen LogP contribution in [0.4, 0.5) is 4.39 Å². The molecule has 136 valence electrons. The van der Waals surface area contributed by atoms with Crippen LogP contribution < -0.4 is 10.5 Å². The number of nitrogens with zero attached hydrogens (tertiary/aromatic N) is 2. The van der Waals surface area contributed by atoms with Crippen LogP contribution >= 0.6 is 0 Å². The van der Waals surface area contributed by atoms with Crippen molar-refractivity contribution in [2.75, 3.05) is 26.9 Å². The van der Waals surface area contributed by atoms with E-state index in [0.29, 0.717) is 36.9 Å². The predicted octanol–water partition coefficient (Wildman–Crippen LogP) is 1.88. The van der Waals surface area contributed by atoms with Crippen molar-refractivity contribution >= 4 is 11.9 Å². The first-order valence-corrected chi connectivity index (χ1v) is 8.48. The second kappa shape index (κ2) is 6.63. The number of amides is 1. The number of benzene rings is 1. The van der Waals surface area contributed by atoms with Crippen LogP contribution in [-0.2, 0) is 15.1 Å². The zero-order valence-corrected chi connectivity index (χ0v) is 14.8. The largest absolute Gasteiger partial charge is 0.493 e. The maximum Gasteiger partial charge on any atom is 0.235 e. The molecule has 6 nitrogen and oxygen atoms in total. The highest BCUT2D eigenvalue weighted by molar-refractivity contribution is 6.00. The van der Waals surface area contributed by atoms with Crippen molar-refractivity contribution in [1.82, 2.24) is 4.90 Å². The smallest absolute Gasteiger partial charge is 0.235 e. The summed E-state index contributed by atoms with van der Waals surface area (Å²) in [6, 6.07) is 4.55. The van der Waals surface area contributed by atoms with E-state index in [1.165, 1.54) is 11.0 Å². The Morgan fingerprint density at radius 3 is 3.00 bits per heavy atom. The molecule has 3 rings (SSSR count). The summed E-state index contributed by atoms with van der Waals surface area (Å²) in [5.41, 5.74) is 5.08. The van der Waals surface area contributed by atoms with Gasteiger partial charge in [-0.15, -0.1) is 0 Å². The molecule has 2 heterocycles. The van der Waals surface area contributed by atoms with E-state index >= 15 is 0 Å². The van der Waals surface area contributed by atoms with E-state index in [1.807, 2.05) is 13.8 Å². The molecule has 2 N–H and O–H groups in total. The van der Waals surface area contributed by atoms with Crippen LogP contribution in [0.2, 0.25) is 0 Å². The summed E-state index contributed by atoms with van der Waals surface area (Å²) >= 11 is 0. The Balaban J connectivity index is 2.08. The van der Waals surface area contributed by atoms with Gasteiger partial charge in [0.25, 0.3) is 0 Å². The number of nitrogens with two attached hydrogens (primary N) is 1. The van der Waals surface area contributed by atoms with Crippen LogP contribution in [0.1, 0.15) is 25.8 Å². The number of carbonyl (C=O) groups is 1. The highest BCUT2D eigenvalue weighted by Crippen LogP contribution is 2.44. The third-order valence-corrected chi connectivity index (χ3v) is 4.72. The van der Waals surface area contributed by atoms with Gasteiger partial charge in [-0.1, -0.05) is 13.8 Å². The SMILES string of the molecule is CC(C)COc1ccc(F)c(C23COCCC2C(=O)N(C)C(N)=N3)c1. The lowest BCUT2D eigenvalue weighted by Gasteiger charge is -2.45. The monoisotopic (exact) mass is 349 g/mol. The quantitative estimate of drug-likeness (QED) is 0.900. The van der Waals surface area contributed by atoms with Crippen molar-refractivity contribution in [2.24, 2.45) is 22.6 Å². The summed E-state index contributed by atoms with van der Waals surface area (Å²) in [5, 5.41) is 0. The molecule has 0 aromatic heterocycles. The average Bonchev–Trinajstić information content (AvgIpc) is 2.59. The van der Waals surface area contributed by atoms with Crippen LogP contribution in [0, 0.1) is 17.7 Å². The fraction of sp³-hybridized carbons (Fsp3) is 0.556. The third kappa shape index (κ3) is 3.08. The predicted molar refractivity (Wildman–Crippen MR) is 91.7 cm³/mol. The van der Waals surface area contributed by atoms with E-state index in [9.17, 15) is 9.18 Å². The van der Waals surface area contributed by atoms with Gasteiger partial charge < -0.3 is 15.2 Å². The van der Waals surface area contributed by atoms with E-state index < -0.39 is 17.3 Å². The number of ether oxygens (including phenoxy) is 2. The van der Waals surface area contributed by atoms with Crippen molar-refractivity contribution in [3.05, 3.63) is 29.6 Å². The van der Waals surface area contributed by atoms with Gasteiger partial charge in [-0.3, -0.25) is 9.69 Å². The minimum Gasteiger partial charge on any atom is -0.493 e. The normalized spacial score (nSPS) is 26.4. The van der Waals surface area contributed by atoms with E-state index in [1.54, 1.807) is 19.2 Å². The molecular weight excluding hydrogens is 325 g/mol. The van der Waals surface area contributed by atoms with Gasteiger partial charge in [0, 0.05) is 19.2 Å². The summed E-state index contributed by atoms with van der Waals surface area (Å²) in [6.45, 7) is 5.14. The van der Waals surface area contributed by atoms with Crippen LogP contribution in [0.5, 0.6) is 5.75 Å². The van der Waals surface area contributed by atoms with Gasteiger partial charge in [-0.2, -0.15) is 0 Å². The number of fused-ring (bicyclic) bond motifs is 1. The highest BCUT2D eigenvalue weighted by atomic mass is 19.1. The minimum atomic E-state index is -1.15. The Morgan fingerprint density at radius 1 is 1.52 bits per heavy atom. The summed E-state index contributed by atoms with van der Waals surface area (Å²) in [4.78, 5) is 18.6. The van der Waals surface area contributed by atoms with Crippen molar-refractivity contribution < 1.29 is 18.7 Å². The van der Waals surface area contributed by atoms with Gasteiger partial charge in [0.05, 0.1) is 19.1 Å². The lowest BCUT2D eigenvalue weighted by atomic mass is 9.74. The lowest BCUT2D eigenvalue weighted by molar-refractivity contribution is -0.140. The summed E-state index contributed by atoms with van der Waals surface area (Å²) in [7, 11) is 1.58. The van der Waals surface area contributed by atoms with Crippen LogP contribution in [0.15, 0.2) is 23.2 Å². The van der Waals surface area contributed by atoms with Gasteiger partial charge in [-0.05, 0) is 30.5 Å². The number of hydrogen-bond acceptors (Lipinski definition) is 5. The second-order valence-electron chi connectivity index (χ2n) is 7.03. The standard InChI is InChI=1S/C18H24FN3O3/c1-11(2)9-25-12-4-5-15(19)14(8-12)18-10-24-7-6-13(18)16(23)22(3)17(20)21-18/h4-5,8,11,13H,6-7,9-10H2,1-3H3,(H2,20,21). The minimum absolute atomic E-state index is 0.0691. The highest BCUT2D eigenvalue weighted by Gasteiger charge is 2.52. The molecular formula is C18H24FN3O3. The summed E-state index contributed by atoms with van der Waals surface area (Å²) < 4.78 is 26.0. The molecule has 0 bridgehead atoms. The molecule has 1 saturated heterocycles. The molecule has 1 fully saturated rings. The van der Waals surface area contributed by atoms with Gasteiger partial charge in [0.15, 0.2) is 5.96 Å². The van der Waals surface area contributed by atoms with Crippen molar-refractivity contribution in [1.29, 1.82) is 0 Å². The van der Waals surface area contributed by atoms with Crippen molar-refractivity contribution in [3.8, 4) is 5.75 Å². The molecule has 0 radical (unpaired) electrons. The van der Waals surface area contributed by atoms with Gasteiger partial charge in [-0.25, -0.2) is 9.38 Å². The van der Waals surface area contributed by atoms with E-state index in [0.717, 1.165) is 0 Å². The molecule has 2 aliphatic rings. The number of carbonyl (C=O) groups excluding carboxylic acids is 1. The molecule has 0 aliphatic carbocycles. The number of hydrogen-bond donors (Lipinski definition) is 1. The number of rotatable bonds is 4. The van der Waals surface area contributed by atoms with E-state index in [2.05, 4.69) is 4.99 Å². The fourth-order valence-electron chi connectivity index (χ4n) is 3.35. The topological polar surface area (TPSA) is 77.2 Å². The van der Waals surface area contributed by atoms with E-state index in [4.69, 9.17) is 15.2 Å². The maximum absolute atomic E-state index is 14.7. The fourth-order valence-corrected chi connectivity index (χ4v) is 3.35. The number of guanidine groups is 1. The molecule has 0 spiro atoms. The Labute approximate surface area is 146 Å². The molecule has 0 saturated carbocycles. The molecule has 2 aliphatic heterocycles. The zero-order valence-electron chi connectivity index (χ0n) is 14.8. The molecule has 1 aromatic carbocycles. The molecule has 25 heavy (non-hydrogen) atoms. The van der Waals surface area contributed by atoms with Gasteiger partial charge >= 0.3 is 0 Å². The Morgan fingerprint density at radius 2 is 2.28 bits per heavy atom. The summed E-state index contributed by atoms with van der Waals surface area (Å²) in [6.07, 6.45) is 0.469. The lowest BCUT2D eigenvalue weighted by Crippen LogP contribution is -2.58. The van der Waals surface area contributed by atoms with Crippen LogP contribution in [0.25, 0.3) is 0 Å². The van der Waals surface area contributed by atoms with Crippen molar-refractivity contribution in [2.45, 2.75) is 25.8 Å². The Kier molecular flexibility index (Phi) is 4.69. The molecule has 1 aromatic rings. The van der Waals surface area contributed by atoms with E-state index in [-0.39, 0.29) is 18.5 Å². The number of halogens is 1. The van der Waals surface area contributed by atoms with Crippen molar-refractivity contribution in [3.63, 3.8) is 0 Å². The van der Waals surface area contributed by atoms with Gasteiger partial charge in [0.2, 0.25) is 5.91 Å². The zero-order chi connectivity index (χ0) is 18.2. The van der Waals surface area contributed by atoms with Crippen LogP contribution in [-0.4, -0.2) is 43.6 Å².